The zero-order valence-electron chi connectivity index (χ0n) is 16.1. The van der Waals surface area contributed by atoms with Crippen molar-refractivity contribution in [3.8, 4) is 0 Å². The van der Waals surface area contributed by atoms with Crippen molar-refractivity contribution in [1.82, 2.24) is 15.1 Å². The molecule has 0 spiro atoms. The summed E-state index contributed by atoms with van der Waals surface area (Å²) in [5, 5.41) is 12.0. The number of furan rings is 1. The Kier molecular flexibility index (Phi) is 6.89. The Labute approximate surface area is 169 Å². The third kappa shape index (κ3) is 5.84. The zero-order chi connectivity index (χ0) is 20.6. The van der Waals surface area contributed by atoms with Crippen LogP contribution in [0.2, 0.25) is 0 Å². The number of amides is 3. The van der Waals surface area contributed by atoms with Gasteiger partial charge in [-0.25, -0.2) is 4.79 Å². The van der Waals surface area contributed by atoms with Crippen LogP contribution in [0, 0.1) is 0 Å². The Balaban J connectivity index is 1.53. The second kappa shape index (κ2) is 9.77. The monoisotopic (exact) mass is 399 g/mol. The first kappa shape index (κ1) is 20.4. The molecule has 1 aliphatic rings. The van der Waals surface area contributed by atoms with Crippen molar-refractivity contribution < 1.29 is 23.9 Å². The van der Waals surface area contributed by atoms with Gasteiger partial charge < -0.3 is 24.6 Å². The first-order valence-electron chi connectivity index (χ1n) is 9.67. The van der Waals surface area contributed by atoms with E-state index in [0.717, 1.165) is 5.56 Å². The fourth-order valence-electron chi connectivity index (χ4n) is 3.36. The molecule has 8 heteroatoms. The third-order valence-electron chi connectivity index (χ3n) is 4.95. The van der Waals surface area contributed by atoms with Crippen molar-refractivity contribution >= 4 is 17.9 Å². The van der Waals surface area contributed by atoms with E-state index in [2.05, 4.69) is 5.32 Å². The summed E-state index contributed by atoms with van der Waals surface area (Å²) < 4.78 is 5.15. The van der Waals surface area contributed by atoms with Gasteiger partial charge >= 0.3 is 12.0 Å². The minimum absolute atomic E-state index is 0.0107. The van der Waals surface area contributed by atoms with Gasteiger partial charge in [-0.2, -0.15) is 0 Å². The van der Waals surface area contributed by atoms with Crippen LogP contribution < -0.4 is 5.32 Å². The Bertz CT molecular complexity index is 814. The molecule has 3 amide bonds. The lowest BCUT2D eigenvalue weighted by molar-refractivity contribution is -0.137. The lowest BCUT2D eigenvalue weighted by Gasteiger charge is -2.35. The molecule has 1 unspecified atom stereocenters. The van der Waals surface area contributed by atoms with Crippen molar-refractivity contribution in [3.05, 3.63) is 60.1 Å². The van der Waals surface area contributed by atoms with Crippen molar-refractivity contribution in [2.75, 3.05) is 26.2 Å². The maximum absolute atomic E-state index is 12.7. The average molecular weight is 399 g/mol. The fraction of sp³-hybridized carbons (Fsp3) is 0.381. The van der Waals surface area contributed by atoms with E-state index in [9.17, 15) is 14.4 Å². The summed E-state index contributed by atoms with van der Waals surface area (Å²) in [5.41, 5.74) is 1.04. The number of piperazine rings is 1. The SMILES string of the molecule is O=C(O)CCC(Cc1ccccc1)NC(=O)N1CCN(C(=O)c2ccco2)CC1. The molecule has 0 radical (unpaired) electrons. The van der Waals surface area contributed by atoms with Crippen LogP contribution in [0.3, 0.4) is 0 Å². The third-order valence-corrected chi connectivity index (χ3v) is 4.95. The van der Waals surface area contributed by atoms with Crippen LogP contribution in [0.25, 0.3) is 0 Å². The lowest BCUT2D eigenvalue weighted by atomic mass is 10.0. The molecular formula is C21H25N3O5. The van der Waals surface area contributed by atoms with Crippen LogP contribution in [0.15, 0.2) is 53.1 Å². The molecule has 1 aromatic heterocycles. The van der Waals surface area contributed by atoms with E-state index < -0.39 is 5.97 Å². The van der Waals surface area contributed by atoms with Gasteiger partial charge in [0.05, 0.1) is 6.26 Å². The molecular weight excluding hydrogens is 374 g/mol. The predicted molar refractivity (Wildman–Crippen MR) is 106 cm³/mol. The van der Waals surface area contributed by atoms with E-state index in [4.69, 9.17) is 9.52 Å². The van der Waals surface area contributed by atoms with E-state index in [-0.39, 0.29) is 24.4 Å². The van der Waals surface area contributed by atoms with Crippen molar-refractivity contribution in [2.45, 2.75) is 25.3 Å². The number of hydrogen-bond acceptors (Lipinski definition) is 4. The minimum atomic E-state index is -0.887. The predicted octanol–water partition coefficient (Wildman–Crippen LogP) is 2.22. The van der Waals surface area contributed by atoms with Crippen molar-refractivity contribution in [1.29, 1.82) is 0 Å². The summed E-state index contributed by atoms with van der Waals surface area (Å²) in [6, 6.07) is 12.4. The number of nitrogens with zero attached hydrogens (tertiary/aromatic N) is 2. The smallest absolute Gasteiger partial charge is 0.317 e. The molecule has 3 rings (SSSR count). The average Bonchev–Trinajstić information content (AvgIpc) is 3.27. The minimum Gasteiger partial charge on any atom is -0.481 e. The number of aliphatic carboxylic acids is 1. The van der Waals surface area contributed by atoms with E-state index >= 15 is 0 Å². The second-order valence-electron chi connectivity index (χ2n) is 7.03. The normalized spacial score (nSPS) is 15.0. The molecule has 1 aliphatic heterocycles. The van der Waals surface area contributed by atoms with Crippen LogP contribution in [-0.4, -0.2) is 65.0 Å². The molecule has 154 valence electrons. The van der Waals surface area contributed by atoms with Gasteiger partial charge in [-0.3, -0.25) is 9.59 Å². The molecule has 0 aliphatic carbocycles. The molecule has 0 saturated carbocycles. The number of carbonyl (C=O) groups is 3. The van der Waals surface area contributed by atoms with Gasteiger partial charge in [0.15, 0.2) is 5.76 Å². The highest BCUT2D eigenvalue weighted by Crippen LogP contribution is 2.12. The van der Waals surface area contributed by atoms with Gasteiger partial charge in [0.25, 0.3) is 5.91 Å². The Morgan fingerprint density at radius 2 is 1.69 bits per heavy atom. The number of carboxylic acids is 1. The maximum Gasteiger partial charge on any atom is 0.317 e. The number of nitrogens with one attached hydrogen (secondary N) is 1. The molecule has 2 aromatic rings. The van der Waals surface area contributed by atoms with Gasteiger partial charge in [-0.05, 0) is 30.5 Å². The van der Waals surface area contributed by atoms with E-state index in [1.807, 2.05) is 30.3 Å². The molecule has 1 aromatic carbocycles. The molecule has 1 atom stereocenters. The van der Waals surface area contributed by atoms with Gasteiger partial charge in [0.2, 0.25) is 0 Å². The van der Waals surface area contributed by atoms with Gasteiger partial charge in [0, 0.05) is 38.6 Å². The summed E-state index contributed by atoms with van der Waals surface area (Å²) in [5.74, 6) is -0.777. The molecule has 29 heavy (non-hydrogen) atoms. The van der Waals surface area contributed by atoms with E-state index in [1.54, 1.807) is 21.9 Å². The van der Waals surface area contributed by atoms with E-state index in [0.29, 0.717) is 44.8 Å². The van der Waals surface area contributed by atoms with Crippen LogP contribution in [0.4, 0.5) is 4.79 Å². The number of carbonyl (C=O) groups excluding carboxylic acids is 2. The number of urea groups is 1. The number of rotatable bonds is 7. The Morgan fingerprint density at radius 3 is 2.31 bits per heavy atom. The van der Waals surface area contributed by atoms with Gasteiger partial charge in [-0.15, -0.1) is 0 Å². The second-order valence-corrected chi connectivity index (χ2v) is 7.03. The van der Waals surface area contributed by atoms with Crippen LogP contribution in [0.1, 0.15) is 29.0 Å². The molecule has 1 fully saturated rings. The van der Waals surface area contributed by atoms with Crippen LogP contribution in [0.5, 0.6) is 0 Å². The lowest BCUT2D eigenvalue weighted by Crippen LogP contribution is -2.54. The zero-order valence-corrected chi connectivity index (χ0v) is 16.1. The van der Waals surface area contributed by atoms with Gasteiger partial charge in [0.1, 0.15) is 0 Å². The van der Waals surface area contributed by atoms with Crippen LogP contribution in [-0.2, 0) is 11.2 Å². The van der Waals surface area contributed by atoms with Crippen molar-refractivity contribution in [2.24, 2.45) is 0 Å². The number of hydrogen-bond donors (Lipinski definition) is 2. The summed E-state index contributed by atoms with van der Waals surface area (Å²) >= 11 is 0. The Hall–Kier alpha value is -3.29. The molecule has 8 nitrogen and oxygen atoms in total. The molecule has 2 heterocycles. The summed E-state index contributed by atoms with van der Waals surface area (Å²) in [7, 11) is 0. The molecule has 2 N–H and O–H groups in total. The largest absolute Gasteiger partial charge is 0.481 e. The van der Waals surface area contributed by atoms with Crippen LogP contribution >= 0.6 is 0 Å². The summed E-state index contributed by atoms with van der Waals surface area (Å²) in [6.45, 7) is 1.67. The number of carboxylic acid groups (broad SMARTS) is 1. The van der Waals surface area contributed by atoms with Gasteiger partial charge in [-0.1, -0.05) is 30.3 Å². The first-order chi connectivity index (χ1) is 14.0. The highest BCUT2D eigenvalue weighted by molar-refractivity contribution is 5.91. The standard InChI is InChI=1S/C21H25N3O5/c25-19(26)9-8-17(15-16-5-2-1-3-6-16)22-21(28)24-12-10-23(11-13-24)20(27)18-7-4-14-29-18/h1-7,14,17H,8-13,15H2,(H,22,28)(H,25,26). The number of benzene rings is 1. The molecule has 0 bridgehead atoms. The van der Waals surface area contributed by atoms with E-state index in [1.165, 1.54) is 6.26 Å². The maximum atomic E-state index is 12.7. The Morgan fingerprint density at radius 1 is 1.00 bits per heavy atom. The molecule has 1 saturated heterocycles. The topological polar surface area (TPSA) is 103 Å². The fourth-order valence-corrected chi connectivity index (χ4v) is 3.36. The quantitative estimate of drug-likeness (QED) is 0.743. The highest BCUT2D eigenvalue weighted by Gasteiger charge is 2.27. The first-order valence-corrected chi connectivity index (χ1v) is 9.67. The summed E-state index contributed by atoms with van der Waals surface area (Å²) in [6.07, 6.45) is 2.37. The summed E-state index contributed by atoms with van der Waals surface area (Å²) in [4.78, 5) is 39.3. The highest BCUT2D eigenvalue weighted by atomic mass is 16.4. The van der Waals surface area contributed by atoms with Crippen molar-refractivity contribution in [3.63, 3.8) is 0 Å².